The molecule has 92 valence electrons. The molecule has 3 nitrogen and oxygen atoms in total. The van der Waals surface area contributed by atoms with Crippen LogP contribution in [0.4, 0.5) is 0 Å². The van der Waals surface area contributed by atoms with Gasteiger partial charge < -0.3 is 4.74 Å². The van der Waals surface area contributed by atoms with Gasteiger partial charge in [0, 0.05) is 29.4 Å². The molecule has 1 saturated carbocycles. The van der Waals surface area contributed by atoms with E-state index in [9.17, 15) is 4.79 Å². The van der Waals surface area contributed by atoms with Crippen molar-refractivity contribution in [1.82, 2.24) is 0 Å². The van der Waals surface area contributed by atoms with Crippen molar-refractivity contribution in [1.29, 1.82) is 5.26 Å². The van der Waals surface area contributed by atoms with Crippen LogP contribution in [0.1, 0.15) is 41.6 Å². The molecule has 0 amide bonds. The summed E-state index contributed by atoms with van der Waals surface area (Å²) in [6.07, 6.45) is 4.11. The fourth-order valence-electron chi connectivity index (χ4n) is 2.54. The summed E-state index contributed by atoms with van der Waals surface area (Å²) in [6, 6.07) is 7.91. The predicted octanol–water partition coefficient (Wildman–Crippen LogP) is 2.89. The van der Waals surface area contributed by atoms with Crippen LogP contribution in [0, 0.1) is 16.7 Å². The first-order chi connectivity index (χ1) is 8.74. The molecule has 1 fully saturated rings. The van der Waals surface area contributed by atoms with Gasteiger partial charge in [0.05, 0.1) is 12.7 Å². The molecule has 2 aliphatic carbocycles. The Labute approximate surface area is 106 Å². The molecule has 2 aliphatic rings. The average Bonchev–Trinajstić information content (AvgIpc) is 3.04. The van der Waals surface area contributed by atoms with Gasteiger partial charge in [0.15, 0.2) is 5.78 Å². The molecule has 0 aromatic heterocycles. The summed E-state index contributed by atoms with van der Waals surface area (Å²) in [5, 5.41) is 8.78. The molecule has 0 radical (unpaired) electrons. The van der Waals surface area contributed by atoms with Crippen LogP contribution in [0.15, 0.2) is 18.2 Å². The third kappa shape index (κ3) is 1.88. The van der Waals surface area contributed by atoms with Crippen molar-refractivity contribution in [3.05, 3.63) is 29.3 Å². The summed E-state index contributed by atoms with van der Waals surface area (Å²) >= 11 is 0. The smallest absolute Gasteiger partial charge is 0.163 e. The third-order valence-corrected chi connectivity index (χ3v) is 3.98. The maximum absolute atomic E-state index is 11.6. The van der Waals surface area contributed by atoms with E-state index in [2.05, 4.69) is 6.07 Å². The fraction of sp³-hybridized carbons (Fsp3) is 0.467. The largest absolute Gasteiger partial charge is 0.493 e. The van der Waals surface area contributed by atoms with Gasteiger partial charge in [-0.2, -0.15) is 5.26 Å². The van der Waals surface area contributed by atoms with E-state index in [1.54, 1.807) is 0 Å². The zero-order chi connectivity index (χ0) is 12.6. The highest BCUT2D eigenvalue weighted by atomic mass is 16.5. The highest BCUT2D eigenvalue weighted by molar-refractivity contribution is 6.01. The molecule has 1 aromatic rings. The Morgan fingerprint density at radius 3 is 2.89 bits per heavy atom. The number of fused-ring (bicyclic) bond motifs is 1. The Morgan fingerprint density at radius 1 is 1.33 bits per heavy atom. The van der Waals surface area contributed by atoms with Crippen LogP contribution in [0.3, 0.4) is 0 Å². The number of rotatable bonds is 4. The number of hydrogen-bond donors (Lipinski definition) is 0. The fourth-order valence-corrected chi connectivity index (χ4v) is 2.54. The highest BCUT2D eigenvalue weighted by Crippen LogP contribution is 2.49. The lowest BCUT2D eigenvalue weighted by Crippen LogP contribution is -2.13. The molecule has 0 bridgehead atoms. The van der Waals surface area contributed by atoms with Crippen LogP contribution in [0.2, 0.25) is 0 Å². The first-order valence-electron chi connectivity index (χ1n) is 6.39. The van der Waals surface area contributed by atoms with Crippen LogP contribution < -0.4 is 4.74 Å². The summed E-state index contributed by atoms with van der Waals surface area (Å²) in [6.45, 7) is 0.602. The normalized spacial score (nSPS) is 19.2. The van der Waals surface area contributed by atoms with E-state index >= 15 is 0 Å². The van der Waals surface area contributed by atoms with E-state index < -0.39 is 0 Å². The number of carbonyl (C=O) groups excluding carboxylic acids is 1. The Balaban J connectivity index is 1.75. The Kier molecular flexibility index (Phi) is 2.59. The van der Waals surface area contributed by atoms with Crippen molar-refractivity contribution in [2.45, 2.75) is 32.1 Å². The topological polar surface area (TPSA) is 50.1 Å². The molecule has 0 N–H and O–H groups in total. The average molecular weight is 241 g/mol. The van der Waals surface area contributed by atoms with E-state index in [0.29, 0.717) is 19.4 Å². The molecule has 1 aromatic carbocycles. The van der Waals surface area contributed by atoms with Crippen molar-refractivity contribution in [2.24, 2.45) is 5.41 Å². The number of hydrogen-bond acceptors (Lipinski definition) is 3. The molecule has 0 unspecified atom stereocenters. The van der Waals surface area contributed by atoms with Crippen molar-refractivity contribution >= 4 is 5.78 Å². The minimum Gasteiger partial charge on any atom is -0.493 e. The molecular formula is C15H15NO2. The van der Waals surface area contributed by atoms with Gasteiger partial charge >= 0.3 is 0 Å². The van der Waals surface area contributed by atoms with Crippen LogP contribution in [-0.4, -0.2) is 12.4 Å². The molecule has 0 saturated heterocycles. The third-order valence-electron chi connectivity index (χ3n) is 3.98. The van der Waals surface area contributed by atoms with Crippen molar-refractivity contribution < 1.29 is 9.53 Å². The van der Waals surface area contributed by atoms with Crippen molar-refractivity contribution in [2.75, 3.05) is 6.61 Å². The number of nitriles is 1. The van der Waals surface area contributed by atoms with Gasteiger partial charge in [0.25, 0.3) is 0 Å². The van der Waals surface area contributed by atoms with Crippen molar-refractivity contribution in [3.63, 3.8) is 0 Å². The lowest BCUT2D eigenvalue weighted by atomic mass is 10.1. The van der Waals surface area contributed by atoms with Crippen LogP contribution in [0.5, 0.6) is 5.75 Å². The monoisotopic (exact) mass is 241 g/mol. The van der Waals surface area contributed by atoms with Gasteiger partial charge in [0.1, 0.15) is 5.75 Å². The quantitative estimate of drug-likeness (QED) is 0.814. The first kappa shape index (κ1) is 11.3. The lowest BCUT2D eigenvalue weighted by Gasteiger charge is -2.15. The molecule has 0 atom stereocenters. The second-order valence-electron chi connectivity index (χ2n) is 5.33. The van der Waals surface area contributed by atoms with Gasteiger partial charge in [-0.15, -0.1) is 0 Å². The van der Waals surface area contributed by atoms with E-state index in [0.717, 1.165) is 36.1 Å². The minimum absolute atomic E-state index is 0.0834. The molecular weight excluding hydrogens is 226 g/mol. The lowest BCUT2D eigenvalue weighted by molar-refractivity contribution is 0.0994. The molecule has 18 heavy (non-hydrogen) atoms. The zero-order valence-corrected chi connectivity index (χ0v) is 10.2. The number of nitrogens with zero attached hydrogens (tertiary/aromatic N) is 1. The number of ether oxygens (including phenoxy) is 1. The second kappa shape index (κ2) is 4.13. The van der Waals surface area contributed by atoms with Crippen LogP contribution in [-0.2, 0) is 6.42 Å². The van der Waals surface area contributed by atoms with Gasteiger partial charge in [0.2, 0.25) is 0 Å². The Bertz CT molecular complexity index is 538. The van der Waals surface area contributed by atoms with E-state index in [-0.39, 0.29) is 11.2 Å². The second-order valence-corrected chi connectivity index (χ2v) is 5.33. The maximum Gasteiger partial charge on any atom is 0.163 e. The molecule has 0 heterocycles. The summed E-state index contributed by atoms with van der Waals surface area (Å²) < 4.78 is 5.87. The standard InChI is InChI=1S/C15H15NO2/c16-9-8-15(6-7-15)10-18-14-3-1-2-11-12(14)4-5-13(11)17/h1-3H,4-8,10H2. The van der Waals surface area contributed by atoms with Crippen LogP contribution in [0.25, 0.3) is 0 Å². The first-order valence-corrected chi connectivity index (χ1v) is 6.39. The molecule has 3 heteroatoms. The summed E-state index contributed by atoms with van der Waals surface area (Å²) in [5.41, 5.74) is 1.95. The molecule has 0 aliphatic heterocycles. The van der Waals surface area contributed by atoms with Gasteiger partial charge in [-0.05, 0) is 25.3 Å². The number of carbonyl (C=O) groups is 1. The molecule has 3 rings (SSSR count). The highest BCUT2D eigenvalue weighted by Gasteiger charge is 2.43. The van der Waals surface area contributed by atoms with E-state index in [1.807, 2.05) is 18.2 Å². The van der Waals surface area contributed by atoms with Gasteiger partial charge in [-0.1, -0.05) is 12.1 Å². The number of ketones is 1. The Morgan fingerprint density at radius 2 is 2.17 bits per heavy atom. The zero-order valence-electron chi connectivity index (χ0n) is 10.2. The van der Waals surface area contributed by atoms with E-state index in [1.165, 1.54) is 0 Å². The minimum atomic E-state index is 0.0834. The predicted molar refractivity (Wildman–Crippen MR) is 66.5 cm³/mol. The molecule has 0 spiro atoms. The number of Topliss-reactive ketones (excluding diaryl/α,β-unsaturated/α-hetero) is 1. The Hall–Kier alpha value is -1.82. The van der Waals surface area contributed by atoms with Crippen molar-refractivity contribution in [3.8, 4) is 11.8 Å². The number of benzene rings is 1. The van der Waals surface area contributed by atoms with Gasteiger partial charge in [-0.25, -0.2) is 0 Å². The van der Waals surface area contributed by atoms with Gasteiger partial charge in [-0.3, -0.25) is 4.79 Å². The summed E-state index contributed by atoms with van der Waals surface area (Å²) in [5.74, 6) is 1.05. The summed E-state index contributed by atoms with van der Waals surface area (Å²) in [4.78, 5) is 11.6. The maximum atomic E-state index is 11.6. The summed E-state index contributed by atoms with van der Waals surface area (Å²) in [7, 11) is 0. The SMILES string of the molecule is N#CCC1(COc2cccc3c2CCC3=O)CC1. The van der Waals surface area contributed by atoms with Crippen LogP contribution >= 0.6 is 0 Å². The van der Waals surface area contributed by atoms with E-state index in [4.69, 9.17) is 10.00 Å².